The summed E-state index contributed by atoms with van der Waals surface area (Å²) in [5.74, 6) is 0. The molecule has 0 aromatic heterocycles. The minimum Gasteiger partial charge on any atom is -0.399 e. The monoisotopic (exact) mass is 202 g/mol. The highest BCUT2D eigenvalue weighted by Gasteiger charge is 2.19. The highest BCUT2D eigenvalue weighted by atomic mass is 15.2. The Morgan fingerprint density at radius 2 is 1.87 bits per heavy atom. The van der Waals surface area contributed by atoms with Crippen LogP contribution in [0.25, 0.3) is 0 Å². The number of quaternary nitrogens is 1. The molecule has 0 radical (unpaired) electrons. The Bertz CT molecular complexity index is 392. The van der Waals surface area contributed by atoms with E-state index in [-0.39, 0.29) is 0 Å². The summed E-state index contributed by atoms with van der Waals surface area (Å²) in [7, 11) is 0. The second-order valence-electron chi connectivity index (χ2n) is 3.81. The van der Waals surface area contributed by atoms with E-state index in [0.717, 1.165) is 35.9 Å². The van der Waals surface area contributed by atoms with Gasteiger partial charge in [0.2, 0.25) is 0 Å². The number of hydrogen-bond acceptors (Lipinski definition) is 2. The largest absolute Gasteiger partial charge is 0.399 e. The van der Waals surface area contributed by atoms with Gasteiger partial charge in [-0.1, -0.05) is 6.58 Å². The lowest BCUT2D eigenvalue weighted by molar-refractivity contribution is -0.602. The molecule has 3 heteroatoms. The summed E-state index contributed by atoms with van der Waals surface area (Å²) >= 11 is 0. The lowest BCUT2D eigenvalue weighted by atomic mass is 10.2. The Labute approximate surface area is 89.9 Å². The third-order valence-corrected chi connectivity index (χ3v) is 2.57. The maximum atomic E-state index is 5.65. The van der Waals surface area contributed by atoms with E-state index in [9.17, 15) is 0 Å². The fourth-order valence-electron chi connectivity index (χ4n) is 1.68. The number of anilines is 2. The Morgan fingerprint density at radius 1 is 1.20 bits per heavy atom. The smallest absolute Gasteiger partial charge is 0.120 e. The second kappa shape index (κ2) is 3.79. The number of rotatable bonds is 1. The molecule has 1 heterocycles. The molecule has 0 aliphatic carbocycles. The van der Waals surface area contributed by atoms with E-state index in [2.05, 4.69) is 23.4 Å². The van der Waals surface area contributed by atoms with Gasteiger partial charge in [0.15, 0.2) is 0 Å². The molecular formula is C12H16N3+. The van der Waals surface area contributed by atoms with Crippen LogP contribution in [0, 0.1) is 0 Å². The summed E-state index contributed by atoms with van der Waals surface area (Å²) in [5, 5.41) is 2.12. The van der Waals surface area contributed by atoms with Gasteiger partial charge < -0.3 is 16.0 Å². The van der Waals surface area contributed by atoms with Crippen LogP contribution in [0.5, 0.6) is 0 Å². The van der Waals surface area contributed by atoms with Gasteiger partial charge in [0.1, 0.15) is 12.2 Å². The fourth-order valence-corrected chi connectivity index (χ4v) is 1.68. The van der Waals surface area contributed by atoms with Gasteiger partial charge in [0.25, 0.3) is 0 Å². The van der Waals surface area contributed by atoms with Gasteiger partial charge in [0.05, 0.1) is 12.2 Å². The Morgan fingerprint density at radius 3 is 2.53 bits per heavy atom. The highest BCUT2D eigenvalue weighted by molar-refractivity contribution is 5.57. The first kappa shape index (κ1) is 9.80. The van der Waals surface area contributed by atoms with Crippen molar-refractivity contribution in [3.05, 3.63) is 48.8 Å². The molecule has 1 aliphatic rings. The molecule has 3 nitrogen and oxygen atoms in total. The SMILES string of the molecule is C=C1CN(c2ccc(N)cc2)C(=C)C[NH2+]1. The summed E-state index contributed by atoms with van der Waals surface area (Å²) in [6.07, 6.45) is 0. The molecule has 0 bridgehead atoms. The fraction of sp³-hybridized carbons (Fsp3) is 0.167. The van der Waals surface area contributed by atoms with Crippen molar-refractivity contribution in [1.82, 2.24) is 0 Å². The van der Waals surface area contributed by atoms with E-state index in [1.165, 1.54) is 0 Å². The number of nitrogens with zero attached hydrogens (tertiary/aromatic N) is 1. The lowest BCUT2D eigenvalue weighted by Crippen LogP contribution is -2.86. The van der Waals surface area contributed by atoms with E-state index >= 15 is 0 Å². The molecule has 1 fully saturated rings. The summed E-state index contributed by atoms with van der Waals surface area (Å²) in [6.45, 7) is 9.73. The van der Waals surface area contributed by atoms with Crippen LogP contribution in [0.4, 0.5) is 11.4 Å². The molecule has 0 spiro atoms. The van der Waals surface area contributed by atoms with Crippen LogP contribution >= 0.6 is 0 Å². The second-order valence-corrected chi connectivity index (χ2v) is 3.81. The molecule has 1 aliphatic heterocycles. The molecule has 78 valence electrons. The van der Waals surface area contributed by atoms with Gasteiger partial charge in [-0.3, -0.25) is 0 Å². The Kier molecular flexibility index (Phi) is 2.47. The maximum Gasteiger partial charge on any atom is 0.120 e. The Balaban J connectivity index is 2.25. The molecule has 0 saturated carbocycles. The van der Waals surface area contributed by atoms with Crippen molar-refractivity contribution < 1.29 is 5.32 Å². The molecule has 0 atom stereocenters. The first-order valence-electron chi connectivity index (χ1n) is 4.98. The van der Waals surface area contributed by atoms with Crippen LogP contribution in [0.2, 0.25) is 0 Å². The number of nitrogens with two attached hydrogens (primary N) is 2. The predicted octanol–water partition coefficient (Wildman–Crippen LogP) is 0.680. The lowest BCUT2D eigenvalue weighted by Gasteiger charge is -2.30. The van der Waals surface area contributed by atoms with Gasteiger partial charge in [-0.25, -0.2) is 0 Å². The summed E-state index contributed by atoms with van der Waals surface area (Å²) < 4.78 is 0. The molecule has 4 N–H and O–H groups in total. The van der Waals surface area contributed by atoms with Gasteiger partial charge in [-0.2, -0.15) is 0 Å². The van der Waals surface area contributed by atoms with Gasteiger partial charge in [0, 0.05) is 11.4 Å². The molecule has 1 aromatic rings. The van der Waals surface area contributed by atoms with Gasteiger partial charge in [-0.15, -0.1) is 0 Å². The summed E-state index contributed by atoms with van der Waals surface area (Å²) in [6, 6.07) is 7.84. The van der Waals surface area contributed by atoms with Crippen molar-refractivity contribution in [3.63, 3.8) is 0 Å². The Hall–Kier alpha value is -1.74. The number of benzene rings is 1. The van der Waals surface area contributed by atoms with Gasteiger partial charge in [-0.05, 0) is 30.8 Å². The summed E-state index contributed by atoms with van der Waals surface area (Å²) in [4.78, 5) is 2.17. The molecule has 0 amide bonds. The standard InChI is InChI=1S/C12H15N3/c1-9-8-15(10(2)7-14-9)12-5-3-11(13)4-6-12/h3-6,14H,1-2,7-8,13H2/p+1. The van der Waals surface area contributed by atoms with E-state index in [1.54, 1.807) is 0 Å². The predicted molar refractivity (Wildman–Crippen MR) is 63.3 cm³/mol. The minimum absolute atomic E-state index is 0.784. The number of piperazine rings is 1. The zero-order valence-electron chi connectivity index (χ0n) is 8.74. The average Bonchev–Trinajstić information content (AvgIpc) is 2.23. The first-order valence-corrected chi connectivity index (χ1v) is 4.98. The van der Waals surface area contributed by atoms with E-state index in [1.807, 2.05) is 24.3 Å². The van der Waals surface area contributed by atoms with Crippen LogP contribution in [-0.4, -0.2) is 13.1 Å². The normalized spacial score (nSPS) is 16.9. The topological polar surface area (TPSA) is 45.9 Å². The van der Waals surface area contributed by atoms with Crippen molar-refractivity contribution in [2.75, 3.05) is 23.7 Å². The van der Waals surface area contributed by atoms with Crippen molar-refractivity contribution in [1.29, 1.82) is 0 Å². The van der Waals surface area contributed by atoms with Crippen LogP contribution in [0.3, 0.4) is 0 Å². The van der Waals surface area contributed by atoms with Gasteiger partial charge >= 0.3 is 0 Å². The molecule has 1 aromatic carbocycles. The van der Waals surface area contributed by atoms with Crippen LogP contribution in [-0.2, 0) is 0 Å². The van der Waals surface area contributed by atoms with Crippen LogP contribution in [0.15, 0.2) is 48.8 Å². The zero-order chi connectivity index (χ0) is 10.8. The van der Waals surface area contributed by atoms with Crippen LogP contribution < -0.4 is 16.0 Å². The average molecular weight is 202 g/mol. The number of nitrogen functional groups attached to an aromatic ring is 1. The molecular weight excluding hydrogens is 186 g/mol. The highest BCUT2D eigenvalue weighted by Crippen LogP contribution is 2.20. The zero-order valence-corrected chi connectivity index (χ0v) is 8.74. The molecule has 1 saturated heterocycles. The minimum atomic E-state index is 0.784. The van der Waals surface area contributed by atoms with Crippen molar-refractivity contribution in [2.45, 2.75) is 0 Å². The molecule has 0 unspecified atom stereocenters. The van der Waals surface area contributed by atoms with Crippen molar-refractivity contribution in [3.8, 4) is 0 Å². The maximum absolute atomic E-state index is 5.65. The first-order chi connectivity index (χ1) is 7.16. The quantitative estimate of drug-likeness (QED) is 0.658. The number of hydrogen-bond donors (Lipinski definition) is 2. The van der Waals surface area contributed by atoms with Crippen molar-refractivity contribution >= 4 is 11.4 Å². The van der Waals surface area contributed by atoms with E-state index < -0.39 is 0 Å². The molecule has 2 rings (SSSR count). The van der Waals surface area contributed by atoms with E-state index in [4.69, 9.17) is 5.73 Å². The third-order valence-electron chi connectivity index (χ3n) is 2.57. The van der Waals surface area contributed by atoms with E-state index in [0.29, 0.717) is 0 Å². The third kappa shape index (κ3) is 2.02. The van der Waals surface area contributed by atoms with Crippen LogP contribution in [0.1, 0.15) is 0 Å². The summed E-state index contributed by atoms with van der Waals surface area (Å²) in [5.41, 5.74) is 9.81. The van der Waals surface area contributed by atoms with Crippen molar-refractivity contribution in [2.24, 2.45) is 0 Å². The molecule has 15 heavy (non-hydrogen) atoms.